The molecule has 14 heteroatoms. The van der Waals surface area contributed by atoms with E-state index in [0.717, 1.165) is 16.1 Å². The number of aromatic nitrogens is 1. The molecule has 0 unspecified atom stereocenters. The van der Waals surface area contributed by atoms with Gasteiger partial charge < -0.3 is 30.0 Å². The fraction of sp³-hybridized carbons (Fsp3) is 0.538. The van der Waals surface area contributed by atoms with Crippen LogP contribution in [0.4, 0.5) is 4.79 Å². The molecule has 3 amide bonds. The molecule has 13 nitrogen and oxygen atoms in total. The summed E-state index contributed by atoms with van der Waals surface area (Å²) in [6, 6.07) is 13.2. The Balaban J connectivity index is 1.54. The number of β-amino-alcohol motifs (C(OH)–C–C–N with tert-alkyl or cyclic N) is 1. The van der Waals surface area contributed by atoms with Gasteiger partial charge in [-0.2, -0.15) is 0 Å². The zero-order valence-electron chi connectivity index (χ0n) is 32.4. The molecule has 0 radical (unpaired) electrons. The van der Waals surface area contributed by atoms with Crippen LogP contribution in [0, 0.1) is 12.8 Å². The summed E-state index contributed by atoms with van der Waals surface area (Å²) in [5, 5.41) is 20.5. The van der Waals surface area contributed by atoms with Crippen molar-refractivity contribution in [1.29, 1.82) is 0 Å². The van der Waals surface area contributed by atoms with Crippen LogP contribution < -0.4 is 24.8 Å². The van der Waals surface area contributed by atoms with Gasteiger partial charge in [-0.25, -0.2) is 9.78 Å². The third-order valence-electron chi connectivity index (χ3n) is 9.14. The van der Waals surface area contributed by atoms with Crippen LogP contribution in [0.15, 0.2) is 53.9 Å². The second-order valence-electron chi connectivity index (χ2n) is 14.9. The number of likely N-dealkylation sites (N-methyl/N-ethyl adjacent to an activating group) is 1. The molecule has 4 atom stereocenters. The third-order valence-corrected chi connectivity index (χ3v) is 9.89. The topological polar surface area (TPSA) is 146 Å². The number of hydrogen-bond donors (Lipinski definition) is 3. The average Bonchev–Trinajstić information content (AvgIpc) is 3.51. The maximum absolute atomic E-state index is 14.0. The molecule has 0 spiro atoms. The number of nitrogens with one attached hydrogen (secondary N) is 2. The van der Waals surface area contributed by atoms with E-state index in [0.29, 0.717) is 44.1 Å². The first-order valence-corrected chi connectivity index (χ1v) is 18.8. The highest BCUT2D eigenvalue weighted by molar-refractivity contribution is 7.09. The molecule has 290 valence electrons. The standard InChI is InChI=1S/C39H56N6O7S/c1-25(2)35(43(7)38(49)52-34-24-53-26(3)40-34)37(48)41-29(19-27-13-11-10-12-14-27)31(46)23-45-18-17-44(22-30(45)36(47)42-39(4,5)6)21-28-15-16-32(50-8)33(20-28)51-9/h10-16,20,24-25,29-31,35,46H,17-19,21-23H2,1-9H3,(H,41,48)(H,42,47)/t29-,30-,31+,35-/m0/s1. The monoisotopic (exact) mass is 752 g/mol. The molecule has 1 fully saturated rings. The maximum atomic E-state index is 14.0. The van der Waals surface area contributed by atoms with E-state index >= 15 is 0 Å². The van der Waals surface area contributed by atoms with Crippen LogP contribution in [0.1, 0.15) is 50.8 Å². The number of benzene rings is 2. The van der Waals surface area contributed by atoms with Crippen molar-refractivity contribution in [3.8, 4) is 17.4 Å². The molecule has 1 saturated heterocycles. The number of rotatable bonds is 15. The molecule has 1 aliphatic rings. The number of aliphatic hydroxyl groups is 1. The maximum Gasteiger partial charge on any atom is 0.417 e. The number of nitrogens with zero attached hydrogens (tertiary/aromatic N) is 4. The van der Waals surface area contributed by atoms with Crippen LogP contribution >= 0.6 is 11.3 Å². The van der Waals surface area contributed by atoms with Gasteiger partial charge in [0, 0.05) is 45.3 Å². The molecule has 1 aromatic heterocycles. The van der Waals surface area contributed by atoms with E-state index in [-0.39, 0.29) is 24.2 Å². The van der Waals surface area contributed by atoms with Gasteiger partial charge in [0.05, 0.1) is 36.8 Å². The number of piperazine rings is 1. The summed E-state index contributed by atoms with van der Waals surface area (Å²) in [5.74, 6) is 0.627. The van der Waals surface area contributed by atoms with Gasteiger partial charge in [-0.05, 0) is 63.3 Å². The predicted molar refractivity (Wildman–Crippen MR) is 205 cm³/mol. The lowest BCUT2D eigenvalue weighted by Crippen LogP contribution is -2.63. The summed E-state index contributed by atoms with van der Waals surface area (Å²) in [4.78, 5) is 50.7. The first kappa shape index (κ1) is 41.5. The number of aliphatic hydroxyl groups excluding tert-OH is 1. The zero-order valence-corrected chi connectivity index (χ0v) is 33.2. The van der Waals surface area contributed by atoms with Crippen LogP contribution in [0.25, 0.3) is 0 Å². The van der Waals surface area contributed by atoms with E-state index in [1.165, 1.54) is 23.3 Å². The molecular weight excluding hydrogens is 697 g/mol. The van der Waals surface area contributed by atoms with E-state index in [9.17, 15) is 19.5 Å². The minimum Gasteiger partial charge on any atom is -0.493 e. The summed E-state index contributed by atoms with van der Waals surface area (Å²) in [6.07, 6.45) is -1.42. The number of carbonyl (C=O) groups is 3. The largest absolute Gasteiger partial charge is 0.493 e. The molecule has 3 aromatic rings. The van der Waals surface area contributed by atoms with Crippen LogP contribution in [0.3, 0.4) is 0 Å². The summed E-state index contributed by atoms with van der Waals surface area (Å²) in [6.45, 7) is 13.7. The zero-order chi connectivity index (χ0) is 38.9. The molecule has 1 aliphatic heterocycles. The van der Waals surface area contributed by atoms with E-state index in [4.69, 9.17) is 14.2 Å². The fourth-order valence-corrected chi connectivity index (χ4v) is 7.07. The number of ether oxygens (including phenoxy) is 3. The first-order chi connectivity index (χ1) is 25.1. The Kier molecular flexibility index (Phi) is 14.6. The number of amides is 3. The van der Waals surface area contributed by atoms with E-state index in [1.54, 1.807) is 19.6 Å². The van der Waals surface area contributed by atoms with Crippen molar-refractivity contribution in [3.63, 3.8) is 0 Å². The Bertz CT molecular complexity index is 1660. The SMILES string of the molecule is COc1ccc(CN2CCN(C[C@@H](O)[C@H](Cc3ccccc3)NC(=O)[C@H](C(C)C)N(C)C(=O)Oc3csc(C)n3)[C@H](C(=O)NC(C)(C)C)C2)cc1OC. The molecule has 0 saturated carbocycles. The van der Waals surface area contributed by atoms with Crippen LogP contribution in [-0.4, -0.2) is 120 Å². The second kappa shape index (κ2) is 18.7. The van der Waals surface area contributed by atoms with Crippen molar-refractivity contribution in [2.75, 3.05) is 47.4 Å². The van der Waals surface area contributed by atoms with Gasteiger partial charge in [0.1, 0.15) is 12.1 Å². The van der Waals surface area contributed by atoms with Gasteiger partial charge >= 0.3 is 6.09 Å². The highest BCUT2D eigenvalue weighted by Crippen LogP contribution is 2.29. The van der Waals surface area contributed by atoms with Crippen molar-refractivity contribution in [1.82, 2.24) is 30.3 Å². The lowest BCUT2D eigenvalue weighted by molar-refractivity contribution is -0.132. The van der Waals surface area contributed by atoms with Crippen LogP contribution in [-0.2, 0) is 22.6 Å². The van der Waals surface area contributed by atoms with Crippen LogP contribution in [0.5, 0.6) is 17.4 Å². The summed E-state index contributed by atoms with van der Waals surface area (Å²) in [7, 11) is 4.73. The summed E-state index contributed by atoms with van der Waals surface area (Å²) < 4.78 is 16.4. The van der Waals surface area contributed by atoms with Crippen molar-refractivity contribution >= 4 is 29.2 Å². The van der Waals surface area contributed by atoms with E-state index < -0.39 is 41.8 Å². The van der Waals surface area contributed by atoms with Gasteiger partial charge in [-0.15, -0.1) is 11.3 Å². The second-order valence-corrected chi connectivity index (χ2v) is 16.0. The number of hydrogen-bond acceptors (Lipinski definition) is 11. The average molecular weight is 753 g/mol. The fourth-order valence-electron chi connectivity index (χ4n) is 6.56. The first-order valence-electron chi connectivity index (χ1n) is 18.0. The van der Waals surface area contributed by atoms with Gasteiger partial charge in [0.2, 0.25) is 17.7 Å². The lowest BCUT2D eigenvalue weighted by Gasteiger charge is -2.43. The third kappa shape index (κ3) is 11.9. The quantitative estimate of drug-likeness (QED) is 0.208. The highest BCUT2D eigenvalue weighted by Gasteiger charge is 2.38. The van der Waals surface area contributed by atoms with Crippen LogP contribution in [0.2, 0.25) is 0 Å². The molecule has 2 aromatic carbocycles. The van der Waals surface area contributed by atoms with Crippen molar-refractivity contribution in [2.45, 2.75) is 84.3 Å². The molecular formula is C39H56N6O7S. The Morgan fingerprint density at radius 1 is 1.04 bits per heavy atom. The minimum absolute atomic E-state index is 0.137. The smallest absolute Gasteiger partial charge is 0.417 e. The number of thiazole rings is 1. The van der Waals surface area contributed by atoms with Crippen molar-refractivity contribution in [2.24, 2.45) is 5.92 Å². The number of carbonyl (C=O) groups excluding carboxylic acids is 3. The molecule has 53 heavy (non-hydrogen) atoms. The van der Waals surface area contributed by atoms with E-state index in [1.807, 2.05) is 95.0 Å². The van der Waals surface area contributed by atoms with Gasteiger partial charge in [-0.1, -0.05) is 50.2 Å². The molecule has 0 bridgehead atoms. The summed E-state index contributed by atoms with van der Waals surface area (Å²) >= 11 is 1.36. The van der Waals surface area contributed by atoms with Gasteiger partial charge in [0.25, 0.3) is 0 Å². The lowest BCUT2D eigenvalue weighted by atomic mass is 9.97. The number of aryl methyl sites for hydroxylation is 1. The van der Waals surface area contributed by atoms with E-state index in [2.05, 4.69) is 20.5 Å². The molecule has 2 heterocycles. The molecule has 4 rings (SSSR count). The Labute approximate surface area is 317 Å². The molecule has 0 aliphatic carbocycles. The Hall–Kier alpha value is -4.24. The Morgan fingerprint density at radius 3 is 2.34 bits per heavy atom. The minimum atomic E-state index is -1.05. The Morgan fingerprint density at radius 2 is 1.74 bits per heavy atom. The van der Waals surface area contributed by atoms with Gasteiger partial charge in [-0.3, -0.25) is 24.3 Å². The van der Waals surface area contributed by atoms with Crippen molar-refractivity contribution < 1.29 is 33.7 Å². The normalized spacial score (nSPS) is 17.1. The predicted octanol–water partition coefficient (Wildman–Crippen LogP) is 4.11. The highest BCUT2D eigenvalue weighted by atomic mass is 32.1. The summed E-state index contributed by atoms with van der Waals surface area (Å²) in [5.41, 5.74) is 1.48. The number of methoxy groups -OCH3 is 2. The van der Waals surface area contributed by atoms with Crippen molar-refractivity contribution in [3.05, 3.63) is 70.0 Å². The molecule has 3 N–H and O–H groups in total. The van der Waals surface area contributed by atoms with Gasteiger partial charge in [0.15, 0.2) is 11.5 Å².